The fourth-order valence-corrected chi connectivity index (χ4v) is 2.36. The summed E-state index contributed by atoms with van der Waals surface area (Å²) < 4.78 is 0. The Labute approximate surface area is 116 Å². The molecule has 0 unspecified atom stereocenters. The molecule has 0 bridgehead atoms. The summed E-state index contributed by atoms with van der Waals surface area (Å²) in [6.07, 6.45) is 10.2. The van der Waals surface area contributed by atoms with Gasteiger partial charge in [-0.1, -0.05) is 38.3 Å². The van der Waals surface area contributed by atoms with E-state index in [-0.39, 0.29) is 0 Å². The van der Waals surface area contributed by atoms with Crippen molar-refractivity contribution in [2.24, 2.45) is 5.92 Å². The van der Waals surface area contributed by atoms with Gasteiger partial charge in [-0.25, -0.2) is 0 Å². The third-order valence-corrected chi connectivity index (χ3v) is 4.36. The SMILES string of the molecule is CC=C(C)CCC[C@@](C)(CCCC(C)C)N(C)C. The van der Waals surface area contributed by atoms with Gasteiger partial charge in [0.15, 0.2) is 0 Å². The summed E-state index contributed by atoms with van der Waals surface area (Å²) in [7, 11) is 4.47. The van der Waals surface area contributed by atoms with Crippen LogP contribution >= 0.6 is 0 Å². The van der Waals surface area contributed by atoms with E-state index in [0.717, 1.165) is 5.92 Å². The Bertz CT molecular complexity index is 240. The number of hydrogen-bond acceptors (Lipinski definition) is 1. The Morgan fingerprint density at radius 2 is 1.72 bits per heavy atom. The smallest absolute Gasteiger partial charge is 0.0175 e. The first kappa shape index (κ1) is 17.7. The van der Waals surface area contributed by atoms with Gasteiger partial charge >= 0.3 is 0 Å². The van der Waals surface area contributed by atoms with Crippen LogP contribution in [-0.2, 0) is 0 Å². The predicted octanol–water partition coefficient (Wildman–Crippen LogP) is 5.27. The summed E-state index contributed by atoms with van der Waals surface area (Å²) >= 11 is 0. The van der Waals surface area contributed by atoms with Crippen LogP contribution in [-0.4, -0.2) is 24.5 Å². The van der Waals surface area contributed by atoms with Gasteiger partial charge < -0.3 is 4.90 Å². The molecule has 18 heavy (non-hydrogen) atoms. The van der Waals surface area contributed by atoms with E-state index in [1.54, 1.807) is 0 Å². The maximum Gasteiger partial charge on any atom is 0.0175 e. The van der Waals surface area contributed by atoms with Crippen molar-refractivity contribution in [3.8, 4) is 0 Å². The molecule has 0 radical (unpaired) electrons. The molecule has 0 amide bonds. The molecule has 0 heterocycles. The lowest BCUT2D eigenvalue weighted by Gasteiger charge is -2.37. The van der Waals surface area contributed by atoms with E-state index in [0.29, 0.717) is 5.54 Å². The van der Waals surface area contributed by atoms with Crippen molar-refractivity contribution in [1.29, 1.82) is 0 Å². The zero-order chi connectivity index (χ0) is 14.2. The van der Waals surface area contributed by atoms with Crippen molar-refractivity contribution in [3.63, 3.8) is 0 Å². The molecular formula is C17H35N. The molecular weight excluding hydrogens is 218 g/mol. The molecule has 0 N–H and O–H groups in total. The zero-order valence-corrected chi connectivity index (χ0v) is 13.8. The Hall–Kier alpha value is -0.300. The van der Waals surface area contributed by atoms with Crippen molar-refractivity contribution in [2.75, 3.05) is 14.1 Å². The van der Waals surface area contributed by atoms with E-state index in [1.165, 1.54) is 44.1 Å². The van der Waals surface area contributed by atoms with E-state index >= 15 is 0 Å². The van der Waals surface area contributed by atoms with Gasteiger partial charge in [0.2, 0.25) is 0 Å². The molecule has 0 fully saturated rings. The molecule has 1 heteroatoms. The second-order valence-corrected chi connectivity index (χ2v) is 6.67. The molecule has 0 aromatic carbocycles. The second-order valence-electron chi connectivity index (χ2n) is 6.67. The highest BCUT2D eigenvalue weighted by Crippen LogP contribution is 2.27. The molecule has 0 saturated heterocycles. The number of hydrogen-bond donors (Lipinski definition) is 0. The van der Waals surface area contributed by atoms with Crippen LogP contribution in [0.15, 0.2) is 11.6 Å². The summed E-state index contributed by atoms with van der Waals surface area (Å²) in [5.41, 5.74) is 1.90. The Balaban J connectivity index is 4.17. The first-order valence-corrected chi connectivity index (χ1v) is 7.61. The van der Waals surface area contributed by atoms with E-state index in [9.17, 15) is 0 Å². The highest BCUT2D eigenvalue weighted by molar-refractivity contribution is 4.96. The summed E-state index contributed by atoms with van der Waals surface area (Å²) in [5.74, 6) is 0.835. The quantitative estimate of drug-likeness (QED) is 0.506. The first-order valence-electron chi connectivity index (χ1n) is 7.61. The Morgan fingerprint density at radius 1 is 1.17 bits per heavy atom. The minimum atomic E-state index is 0.378. The minimum absolute atomic E-state index is 0.378. The molecule has 0 aliphatic heterocycles. The molecule has 0 aliphatic carbocycles. The number of allylic oxidation sites excluding steroid dienone is 2. The summed E-state index contributed by atoms with van der Waals surface area (Å²) in [5, 5.41) is 0. The van der Waals surface area contributed by atoms with Crippen LogP contribution < -0.4 is 0 Å². The van der Waals surface area contributed by atoms with E-state index in [4.69, 9.17) is 0 Å². The lowest BCUT2D eigenvalue weighted by molar-refractivity contribution is 0.139. The van der Waals surface area contributed by atoms with Gasteiger partial charge in [-0.05, 0) is 66.5 Å². The van der Waals surface area contributed by atoms with Crippen molar-refractivity contribution < 1.29 is 0 Å². The highest BCUT2D eigenvalue weighted by atomic mass is 15.1. The molecule has 0 aromatic rings. The van der Waals surface area contributed by atoms with Crippen molar-refractivity contribution >= 4 is 0 Å². The predicted molar refractivity (Wildman–Crippen MR) is 84.1 cm³/mol. The lowest BCUT2D eigenvalue weighted by Crippen LogP contribution is -2.41. The fraction of sp³-hybridized carbons (Fsp3) is 0.882. The van der Waals surface area contributed by atoms with Gasteiger partial charge in [-0.2, -0.15) is 0 Å². The number of rotatable bonds is 9. The van der Waals surface area contributed by atoms with Crippen molar-refractivity contribution in [1.82, 2.24) is 4.90 Å². The van der Waals surface area contributed by atoms with Crippen molar-refractivity contribution in [3.05, 3.63) is 11.6 Å². The van der Waals surface area contributed by atoms with Gasteiger partial charge in [0.25, 0.3) is 0 Å². The van der Waals surface area contributed by atoms with Crippen LogP contribution in [0.25, 0.3) is 0 Å². The van der Waals surface area contributed by atoms with Crippen LogP contribution in [0.3, 0.4) is 0 Å². The first-order chi connectivity index (χ1) is 8.31. The number of nitrogens with zero attached hydrogens (tertiary/aromatic N) is 1. The fourth-order valence-electron chi connectivity index (χ4n) is 2.36. The van der Waals surface area contributed by atoms with Crippen LogP contribution in [0.5, 0.6) is 0 Å². The summed E-state index contributed by atoms with van der Waals surface area (Å²) in [6, 6.07) is 0. The van der Waals surface area contributed by atoms with Gasteiger partial charge in [-0.3, -0.25) is 0 Å². The van der Waals surface area contributed by atoms with Gasteiger partial charge in [0, 0.05) is 5.54 Å². The van der Waals surface area contributed by atoms with Crippen LogP contribution in [0.1, 0.15) is 73.1 Å². The third-order valence-electron chi connectivity index (χ3n) is 4.36. The average molecular weight is 253 g/mol. The monoisotopic (exact) mass is 253 g/mol. The second kappa shape index (κ2) is 8.74. The normalized spacial score (nSPS) is 16.4. The van der Waals surface area contributed by atoms with Gasteiger partial charge in [-0.15, -0.1) is 0 Å². The molecule has 0 saturated carbocycles. The van der Waals surface area contributed by atoms with Crippen LogP contribution in [0.2, 0.25) is 0 Å². The third kappa shape index (κ3) is 7.20. The Kier molecular flexibility index (Phi) is 8.60. The Morgan fingerprint density at radius 3 is 2.17 bits per heavy atom. The van der Waals surface area contributed by atoms with Gasteiger partial charge in [0.1, 0.15) is 0 Å². The van der Waals surface area contributed by atoms with E-state index < -0.39 is 0 Å². The minimum Gasteiger partial charge on any atom is -0.304 e. The van der Waals surface area contributed by atoms with Crippen LogP contribution in [0, 0.1) is 5.92 Å². The van der Waals surface area contributed by atoms with E-state index in [1.807, 2.05) is 0 Å². The summed E-state index contributed by atoms with van der Waals surface area (Å²) in [6.45, 7) is 11.5. The molecule has 108 valence electrons. The molecule has 0 rings (SSSR count). The molecule has 0 aliphatic rings. The standard InChI is InChI=1S/C17H35N/c1-8-16(4)12-10-14-17(5,18(6)7)13-9-11-15(2)3/h8,15H,9-14H2,1-7H3/t17-/m1/s1. The maximum absolute atomic E-state index is 2.43. The maximum atomic E-state index is 2.43. The van der Waals surface area contributed by atoms with Crippen LogP contribution in [0.4, 0.5) is 0 Å². The molecule has 0 aromatic heterocycles. The molecule has 1 nitrogen and oxygen atoms in total. The molecule has 0 spiro atoms. The highest BCUT2D eigenvalue weighted by Gasteiger charge is 2.25. The average Bonchev–Trinajstić information content (AvgIpc) is 2.28. The zero-order valence-electron chi connectivity index (χ0n) is 13.8. The van der Waals surface area contributed by atoms with E-state index in [2.05, 4.69) is 59.7 Å². The topological polar surface area (TPSA) is 3.24 Å². The largest absolute Gasteiger partial charge is 0.304 e. The molecule has 1 atom stereocenters. The van der Waals surface area contributed by atoms with Gasteiger partial charge in [0.05, 0.1) is 0 Å². The lowest BCUT2D eigenvalue weighted by atomic mass is 9.86. The van der Waals surface area contributed by atoms with Crippen molar-refractivity contribution in [2.45, 2.75) is 78.7 Å². The summed E-state index contributed by atoms with van der Waals surface area (Å²) in [4.78, 5) is 2.43.